The highest BCUT2D eigenvalue weighted by atomic mass is 31.2. The number of hydrogen-bond acceptors (Lipinski definition) is 11. The second kappa shape index (κ2) is 10.1. The number of amides is 1. The maximum atomic E-state index is 12.3. The summed E-state index contributed by atoms with van der Waals surface area (Å²) in [6, 6.07) is 0. The number of rotatable bonds is 11. The van der Waals surface area contributed by atoms with Crippen LogP contribution < -0.4 is 11.3 Å². The number of ether oxygens (including phenoxy) is 2. The lowest BCUT2D eigenvalue weighted by Crippen LogP contribution is -2.34. The molecule has 5 N–H and O–H groups in total. The number of nitrogens with one attached hydrogen (secondary N) is 1. The van der Waals surface area contributed by atoms with Gasteiger partial charge in [0.2, 0.25) is 11.9 Å². The average molecular weight is 486 g/mol. The topological polar surface area (TPSA) is 204 Å². The first-order chi connectivity index (χ1) is 15.6. The quantitative estimate of drug-likeness (QED) is 0.240. The molecule has 2 atom stereocenters. The van der Waals surface area contributed by atoms with Gasteiger partial charge in [-0.15, -0.1) is 0 Å². The fourth-order valence-electron chi connectivity index (χ4n) is 2.97. The van der Waals surface area contributed by atoms with Crippen LogP contribution in [0.2, 0.25) is 0 Å². The highest BCUT2D eigenvalue weighted by Crippen LogP contribution is 2.48. The van der Waals surface area contributed by atoms with Gasteiger partial charge in [0, 0.05) is 13.1 Å². The lowest BCUT2D eigenvalue weighted by molar-refractivity contribution is -0.134. The molecule has 16 heteroatoms. The standard InChI is InChI=1S/C17H23N6O9P/c1-3-23(10(2)25)13-6-11(12(7-24)31-13)32-33(27,28)30-5-4-29-9-22-8-19-14-15(22)20-17(18)21-16(14)26/h3,8,13,24H,1,4-7,9H2,2H3,(H,27,28)(H3,18,20,21,26)/t13-/m1/s1. The summed E-state index contributed by atoms with van der Waals surface area (Å²) in [7, 11) is -4.59. The molecule has 0 spiro atoms. The number of imidazole rings is 1. The summed E-state index contributed by atoms with van der Waals surface area (Å²) in [4.78, 5) is 44.7. The molecule has 0 radical (unpaired) electrons. The number of aromatic nitrogens is 4. The molecule has 2 aromatic heterocycles. The number of anilines is 1. The first-order valence-corrected chi connectivity index (χ1v) is 11.0. The van der Waals surface area contributed by atoms with Crippen molar-refractivity contribution in [1.82, 2.24) is 24.4 Å². The number of fused-ring (bicyclic) bond motifs is 1. The molecule has 1 aliphatic heterocycles. The van der Waals surface area contributed by atoms with E-state index in [0.29, 0.717) is 0 Å². The van der Waals surface area contributed by atoms with Crippen LogP contribution in [-0.2, 0) is 34.6 Å². The van der Waals surface area contributed by atoms with Crippen LogP contribution in [0.15, 0.2) is 35.4 Å². The summed E-state index contributed by atoms with van der Waals surface area (Å²) < 4.78 is 34.3. The summed E-state index contributed by atoms with van der Waals surface area (Å²) in [5, 5.41) is 9.42. The second-order valence-corrected chi connectivity index (χ2v) is 8.04. The van der Waals surface area contributed by atoms with Gasteiger partial charge in [-0.05, 0) is 0 Å². The van der Waals surface area contributed by atoms with Crippen molar-refractivity contribution in [2.75, 3.05) is 25.6 Å². The molecule has 0 bridgehead atoms. The number of aromatic amines is 1. The Hall–Kier alpha value is -3.23. The monoisotopic (exact) mass is 486 g/mol. The summed E-state index contributed by atoms with van der Waals surface area (Å²) in [5.74, 6) is -0.676. The van der Waals surface area contributed by atoms with E-state index in [9.17, 15) is 24.2 Å². The van der Waals surface area contributed by atoms with Gasteiger partial charge in [-0.2, -0.15) is 4.98 Å². The highest BCUT2D eigenvalue weighted by Gasteiger charge is 2.36. The molecule has 0 saturated carbocycles. The Labute approximate surface area is 186 Å². The minimum atomic E-state index is -4.59. The molecule has 0 saturated heterocycles. The van der Waals surface area contributed by atoms with Gasteiger partial charge >= 0.3 is 7.82 Å². The second-order valence-electron chi connectivity index (χ2n) is 6.66. The van der Waals surface area contributed by atoms with E-state index in [2.05, 4.69) is 21.5 Å². The van der Waals surface area contributed by atoms with E-state index < -0.39 is 26.2 Å². The zero-order chi connectivity index (χ0) is 24.2. The largest absolute Gasteiger partial charge is 0.527 e. The molecule has 1 amide bonds. The lowest BCUT2D eigenvalue weighted by Gasteiger charge is -2.23. The van der Waals surface area contributed by atoms with Crippen molar-refractivity contribution in [3.05, 3.63) is 41.0 Å². The van der Waals surface area contributed by atoms with Gasteiger partial charge in [-0.3, -0.25) is 33.5 Å². The molecule has 180 valence electrons. The predicted octanol–water partition coefficient (Wildman–Crippen LogP) is -0.248. The van der Waals surface area contributed by atoms with Crippen LogP contribution >= 0.6 is 7.82 Å². The van der Waals surface area contributed by atoms with Crippen molar-refractivity contribution >= 4 is 30.8 Å². The summed E-state index contributed by atoms with van der Waals surface area (Å²) >= 11 is 0. The third-order valence-corrected chi connectivity index (χ3v) is 5.35. The summed E-state index contributed by atoms with van der Waals surface area (Å²) in [5.41, 5.74) is 5.32. The molecular formula is C17H23N6O9P. The minimum absolute atomic E-state index is 0.0786. The number of phosphoric acid groups is 1. The number of phosphoric ester groups is 1. The van der Waals surface area contributed by atoms with Crippen molar-refractivity contribution in [3.8, 4) is 0 Å². The molecule has 3 rings (SSSR count). The Morgan fingerprint density at radius 2 is 2.30 bits per heavy atom. The van der Waals surface area contributed by atoms with E-state index >= 15 is 0 Å². The van der Waals surface area contributed by atoms with Crippen molar-refractivity contribution in [2.24, 2.45) is 0 Å². The van der Waals surface area contributed by atoms with Crippen LogP contribution in [0.25, 0.3) is 11.2 Å². The third-order valence-electron chi connectivity index (χ3n) is 4.39. The molecule has 1 unspecified atom stereocenters. The zero-order valence-electron chi connectivity index (χ0n) is 17.5. The van der Waals surface area contributed by atoms with Crippen molar-refractivity contribution < 1.29 is 37.9 Å². The number of nitrogens with two attached hydrogens (primary N) is 1. The first kappa shape index (κ1) is 24.4. The summed E-state index contributed by atoms with van der Waals surface area (Å²) in [6.07, 6.45) is 1.61. The first-order valence-electron chi connectivity index (χ1n) is 9.51. The van der Waals surface area contributed by atoms with Gasteiger partial charge in [0.15, 0.2) is 28.9 Å². The zero-order valence-corrected chi connectivity index (χ0v) is 18.4. The van der Waals surface area contributed by atoms with Gasteiger partial charge in [0.25, 0.3) is 5.56 Å². The number of hydrogen-bond donors (Lipinski definition) is 4. The molecule has 3 heterocycles. The maximum absolute atomic E-state index is 12.3. The van der Waals surface area contributed by atoms with E-state index in [1.54, 1.807) is 0 Å². The third kappa shape index (κ3) is 5.77. The van der Waals surface area contributed by atoms with Crippen molar-refractivity contribution in [3.63, 3.8) is 0 Å². The maximum Gasteiger partial charge on any atom is 0.527 e. The van der Waals surface area contributed by atoms with Crippen LogP contribution in [0.1, 0.15) is 13.3 Å². The molecule has 15 nitrogen and oxygen atoms in total. The van der Waals surface area contributed by atoms with E-state index in [-0.39, 0.29) is 60.9 Å². The number of nitrogen functional groups attached to an aromatic ring is 1. The Balaban J connectivity index is 1.50. The molecule has 2 aromatic rings. The Bertz CT molecular complexity index is 1180. The van der Waals surface area contributed by atoms with Crippen LogP contribution in [0, 0.1) is 0 Å². The lowest BCUT2D eigenvalue weighted by atomic mass is 10.3. The van der Waals surface area contributed by atoms with Gasteiger partial charge in [0.05, 0.1) is 26.0 Å². The van der Waals surface area contributed by atoms with Gasteiger partial charge < -0.3 is 24.8 Å². The molecule has 1 aliphatic rings. The van der Waals surface area contributed by atoms with Crippen molar-refractivity contribution in [2.45, 2.75) is 26.3 Å². The van der Waals surface area contributed by atoms with Crippen LogP contribution in [0.3, 0.4) is 0 Å². The SMILES string of the molecule is C=CN(C(C)=O)[C@H]1CC(OP(=O)(O)OCCOCn2cnc3c(=O)[nH]c(N)nc32)=C(CO)O1. The Morgan fingerprint density at radius 1 is 1.55 bits per heavy atom. The molecule has 33 heavy (non-hydrogen) atoms. The Morgan fingerprint density at radius 3 is 2.97 bits per heavy atom. The minimum Gasteiger partial charge on any atom is -0.468 e. The fourth-order valence-corrected chi connectivity index (χ4v) is 3.78. The van der Waals surface area contributed by atoms with Gasteiger partial charge in [0.1, 0.15) is 13.3 Å². The van der Waals surface area contributed by atoms with Crippen molar-refractivity contribution in [1.29, 1.82) is 0 Å². The van der Waals surface area contributed by atoms with Crippen LogP contribution in [-0.4, -0.2) is 66.4 Å². The van der Waals surface area contributed by atoms with Gasteiger partial charge in [-0.1, -0.05) is 6.58 Å². The number of carbonyl (C=O) groups is 1. The summed E-state index contributed by atoms with van der Waals surface area (Å²) in [6.45, 7) is 3.66. The van der Waals surface area contributed by atoms with Gasteiger partial charge in [-0.25, -0.2) is 9.55 Å². The Kier molecular flexibility index (Phi) is 7.50. The molecular weight excluding hydrogens is 463 g/mol. The molecule has 0 aliphatic carbocycles. The number of carbonyl (C=O) groups excluding carboxylic acids is 1. The number of nitrogens with zero attached hydrogens (tertiary/aromatic N) is 4. The molecule has 0 aromatic carbocycles. The van der Waals surface area contributed by atoms with E-state index in [0.717, 1.165) is 4.90 Å². The normalized spacial score (nSPS) is 17.6. The number of aliphatic hydroxyl groups is 1. The van der Waals surface area contributed by atoms with E-state index in [1.165, 1.54) is 24.0 Å². The van der Waals surface area contributed by atoms with Crippen LogP contribution in [0.5, 0.6) is 0 Å². The van der Waals surface area contributed by atoms with Crippen LogP contribution in [0.4, 0.5) is 5.95 Å². The number of H-pyrrole nitrogens is 1. The molecule has 0 fully saturated rings. The highest BCUT2D eigenvalue weighted by molar-refractivity contribution is 7.47. The fraction of sp³-hybridized carbons (Fsp3) is 0.412. The smallest absolute Gasteiger partial charge is 0.468 e. The van der Waals surface area contributed by atoms with E-state index in [1.807, 2.05) is 0 Å². The number of aliphatic hydroxyl groups excluding tert-OH is 1. The van der Waals surface area contributed by atoms with E-state index in [4.69, 9.17) is 24.3 Å². The average Bonchev–Trinajstić information content (AvgIpc) is 3.31. The predicted molar refractivity (Wildman–Crippen MR) is 112 cm³/mol.